The van der Waals surface area contributed by atoms with Gasteiger partial charge in [-0.25, -0.2) is 0 Å². The number of hydrogen-bond acceptors (Lipinski definition) is 6. The summed E-state index contributed by atoms with van der Waals surface area (Å²) in [6, 6.07) is 8.86. The number of rotatable bonds is 11. The summed E-state index contributed by atoms with van der Waals surface area (Å²) in [4.78, 5) is 15.1. The lowest BCUT2D eigenvalue weighted by molar-refractivity contribution is 0.104. The number of allylic oxidation sites excluding steroid dienone is 1. The van der Waals surface area contributed by atoms with E-state index in [-0.39, 0.29) is 17.1 Å². The molecule has 0 aromatic heterocycles. The summed E-state index contributed by atoms with van der Waals surface area (Å²) in [5.74, 6) is 1.47. The van der Waals surface area contributed by atoms with Crippen LogP contribution in [-0.4, -0.2) is 54.7 Å². The average molecular weight is 466 g/mol. The molecule has 1 heterocycles. The van der Waals surface area contributed by atoms with Crippen molar-refractivity contribution < 1.29 is 24.1 Å². The molecule has 0 saturated heterocycles. The van der Waals surface area contributed by atoms with Gasteiger partial charge in [-0.3, -0.25) is 4.79 Å². The molecule has 34 heavy (non-hydrogen) atoms. The highest BCUT2D eigenvalue weighted by molar-refractivity contribution is 6.09. The first-order chi connectivity index (χ1) is 16.3. The number of benzene rings is 2. The molecule has 1 aliphatic heterocycles. The summed E-state index contributed by atoms with van der Waals surface area (Å²) in [5, 5.41) is 10.6. The molecule has 0 saturated carbocycles. The normalized spacial score (nSPS) is 14.2. The van der Waals surface area contributed by atoms with Crippen LogP contribution in [0.5, 0.6) is 23.0 Å². The van der Waals surface area contributed by atoms with Crippen molar-refractivity contribution in [2.24, 2.45) is 0 Å². The van der Waals surface area contributed by atoms with Crippen LogP contribution in [0.15, 0.2) is 42.5 Å². The van der Waals surface area contributed by atoms with Crippen molar-refractivity contribution in [2.75, 3.05) is 33.4 Å². The molecule has 6 nitrogen and oxygen atoms in total. The maximum Gasteiger partial charge on any atom is 0.189 e. The number of methoxy groups -OCH3 is 1. The minimum absolute atomic E-state index is 0.0788. The van der Waals surface area contributed by atoms with Gasteiger partial charge < -0.3 is 24.2 Å². The van der Waals surface area contributed by atoms with Gasteiger partial charge in [0, 0.05) is 6.54 Å². The van der Waals surface area contributed by atoms with E-state index in [1.165, 1.54) is 6.08 Å². The Morgan fingerprint density at radius 1 is 1.15 bits per heavy atom. The number of ketones is 1. The molecule has 0 bridgehead atoms. The van der Waals surface area contributed by atoms with E-state index < -0.39 is 5.60 Å². The zero-order valence-corrected chi connectivity index (χ0v) is 20.8. The molecule has 3 rings (SSSR count). The van der Waals surface area contributed by atoms with Crippen molar-refractivity contribution >= 4 is 17.9 Å². The third kappa shape index (κ3) is 6.20. The smallest absolute Gasteiger partial charge is 0.189 e. The summed E-state index contributed by atoms with van der Waals surface area (Å²) in [6.07, 6.45) is 7.73. The highest BCUT2D eigenvalue weighted by Crippen LogP contribution is 2.38. The summed E-state index contributed by atoms with van der Waals surface area (Å²) >= 11 is 0. The Morgan fingerprint density at radius 3 is 2.62 bits per heavy atom. The number of phenolic OH excluding ortho intramolecular Hbond substituents is 1. The molecule has 0 fully saturated rings. The monoisotopic (exact) mass is 465 g/mol. The second kappa shape index (κ2) is 11.3. The van der Waals surface area contributed by atoms with Gasteiger partial charge in [0.25, 0.3) is 0 Å². The molecule has 1 aliphatic rings. The van der Waals surface area contributed by atoms with Crippen molar-refractivity contribution in [3.8, 4) is 23.0 Å². The van der Waals surface area contributed by atoms with E-state index in [4.69, 9.17) is 14.2 Å². The van der Waals surface area contributed by atoms with Crippen molar-refractivity contribution in [3.63, 3.8) is 0 Å². The fourth-order valence-electron chi connectivity index (χ4n) is 3.82. The highest BCUT2D eigenvalue weighted by Gasteiger charge is 2.25. The number of nitrogens with zero attached hydrogens (tertiary/aromatic N) is 1. The number of hydrogen-bond donors (Lipinski definition) is 1. The molecule has 2 aromatic carbocycles. The van der Waals surface area contributed by atoms with Crippen LogP contribution in [0.4, 0.5) is 0 Å². The summed E-state index contributed by atoms with van der Waals surface area (Å²) in [7, 11) is 1.60. The number of carbonyl (C=O) groups excluding carboxylic acids is 1. The van der Waals surface area contributed by atoms with Crippen LogP contribution in [-0.2, 0) is 0 Å². The Balaban J connectivity index is 1.67. The van der Waals surface area contributed by atoms with Gasteiger partial charge in [0.1, 0.15) is 17.1 Å². The molecule has 6 heteroatoms. The second-order valence-electron chi connectivity index (χ2n) is 8.75. The van der Waals surface area contributed by atoms with E-state index >= 15 is 0 Å². The number of carbonyl (C=O) groups is 1. The van der Waals surface area contributed by atoms with Gasteiger partial charge in [-0.05, 0) is 81.4 Å². The number of ether oxygens (including phenoxy) is 3. The SMILES string of the molecule is CCN(CC)CCCOc1ccc(/C=C/C(=O)c2ccc3c(c2O)C=CC(C)(C)O3)cc1OC. The number of phenols is 1. The molecule has 1 N–H and O–H groups in total. The molecular formula is C28H35NO5. The highest BCUT2D eigenvalue weighted by atomic mass is 16.5. The molecule has 182 valence electrons. The topological polar surface area (TPSA) is 68.2 Å². The van der Waals surface area contributed by atoms with E-state index in [0.29, 0.717) is 29.4 Å². The molecule has 0 amide bonds. The largest absolute Gasteiger partial charge is 0.506 e. The first-order valence-corrected chi connectivity index (χ1v) is 11.8. The van der Waals surface area contributed by atoms with Crippen molar-refractivity contribution in [2.45, 2.75) is 39.7 Å². The maximum atomic E-state index is 12.8. The predicted molar refractivity (Wildman–Crippen MR) is 136 cm³/mol. The summed E-state index contributed by atoms with van der Waals surface area (Å²) < 4.78 is 17.2. The predicted octanol–water partition coefficient (Wildman–Crippen LogP) is 5.59. The van der Waals surface area contributed by atoms with Crippen molar-refractivity contribution in [3.05, 3.63) is 59.2 Å². The van der Waals surface area contributed by atoms with Gasteiger partial charge in [0.15, 0.2) is 17.3 Å². The summed E-state index contributed by atoms with van der Waals surface area (Å²) in [5.41, 5.74) is 1.08. The lowest BCUT2D eigenvalue weighted by Crippen LogP contribution is -2.27. The fraction of sp³-hybridized carbons (Fsp3) is 0.393. The van der Waals surface area contributed by atoms with E-state index in [2.05, 4.69) is 18.7 Å². The van der Waals surface area contributed by atoms with E-state index in [0.717, 1.165) is 31.6 Å². The fourth-order valence-corrected chi connectivity index (χ4v) is 3.82. The minimum atomic E-state index is -0.453. The Bertz CT molecular complexity index is 1070. The van der Waals surface area contributed by atoms with Crippen LogP contribution in [0.25, 0.3) is 12.2 Å². The first kappa shape index (κ1) is 25.4. The maximum absolute atomic E-state index is 12.8. The quantitative estimate of drug-likeness (QED) is 0.265. The van der Waals surface area contributed by atoms with E-state index in [9.17, 15) is 9.90 Å². The van der Waals surface area contributed by atoms with Crippen LogP contribution in [0.1, 0.15) is 55.6 Å². The van der Waals surface area contributed by atoms with Crippen LogP contribution in [0, 0.1) is 0 Å². The second-order valence-corrected chi connectivity index (χ2v) is 8.75. The first-order valence-electron chi connectivity index (χ1n) is 11.8. The lowest BCUT2D eigenvalue weighted by Gasteiger charge is -2.28. The molecule has 2 aromatic rings. The lowest BCUT2D eigenvalue weighted by atomic mass is 9.98. The Morgan fingerprint density at radius 2 is 1.91 bits per heavy atom. The van der Waals surface area contributed by atoms with Gasteiger partial charge in [-0.2, -0.15) is 0 Å². The van der Waals surface area contributed by atoms with Crippen molar-refractivity contribution in [1.29, 1.82) is 0 Å². The van der Waals surface area contributed by atoms with Gasteiger partial charge in [-0.1, -0.05) is 26.0 Å². The van der Waals surface area contributed by atoms with Gasteiger partial charge in [0.2, 0.25) is 0 Å². The third-order valence-electron chi connectivity index (χ3n) is 5.85. The van der Waals surface area contributed by atoms with Crippen LogP contribution in [0.3, 0.4) is 0 Å². The zero-order valence-electron chi connectivity index (χ0n) is 20.8. The molecule has 0 spiro atoms. The minimum Gasteiger partial charge on any atom is -0.506 e. The van der Waals surface area contributed by atoms with Crippen LogP contribution >= 0.6 is 0 Å². The molecule has 0 radical (unpaired) electrons. The Kier molecular flexibility index (Phi) is 8.40. The molecular weight excluding hydrogens is 430 g/mol. The average Bonchev–Trinajstić information content (AvgIpc) is 2.82. The van der Waals surface area contributed by atoms with Gasteiger partial charge in [0.05, 0.1) is 24.8 Å². The third-order valence-corrected chi connectivity index (χ3v) is 5.85. The summed E-state index contributed by atoms with van der Waals surface area (Å²) in [6.45, 7) is 11.8. The Hall–Kier alpha value is -3.25. The zero-order chi connectivity index (χ0) is 24.7. The van der Waals surface area contributed by atoms with E-state index in [1.807, 2.05) is 38.1 Å². The number of aromatic hydroxyl groups is 1. The van der Waals surface area contributed by atoms with Crippen LogP contribution < -0.4 is 14.2 Å². The standard InChI is InChI=1S/C28H35NO5/c1-6-29(7-2)17-8-18-33-25-13-10-20(19-26(25)32-5)9-12-23(30)21-11-14-24-22(27(21)31)15-16-28(3,4)34-24/h9-16,19,31H,6-8,17-18H2,1-5H3/b12-9+. The molecule has 0 unspecified atom stereocenters. The van der Waals surface area contributed by atoms with Crippen LogP contribution in [0.2, 0.25) is 0 Å². The van der Waals surface area contributed by atoms with Crippen molar-refractivity contribution in [1.82, 2.24) is 4.90 Å². The van der Waals surface area contributed by atoms with E-state index in [1.54, 1.807) is 31.4 Å². The molecule has 0 aliphatic carbocycles. The molecule has 0 atom stereocenters. The van der Waals surface area contributed by atoms with Gasteiger partial charge >= 0.3 is 0 Å². The Labute approximate surface area is 202 Å². The number of fused-ring (bicyclic) bond motifs is 1. The van der Waals surface area contributed by atoms with Gasteiger partial charge in [-0.15, -0.1) is 0 Å².